The van der Waals surface area contributed by atoms with E-state index in [4.69, 9.17) is 5.11 Å². The van der Waals surface area contributed by atoms with Gasteiger partial charge in [-0.2, -0.15) is 0 Å². The average molecular weight is 228 g/mol. The standard InChI is InChI=1S/C11H16O3S/c1-8(2)6-11(14,7-10(12)13)9-4-3-5-15-9/h3-5,8,14H,6-7H2,1-2H3,(H,12,13). The molecule has 1 rings (SSSR count). The van der Waals surface area contributed by atoms with Crippen molar-refractivity contribution in [1.82, 2.24) is 0 Å². The molecule has 0 bridgehead atoms. The van der Waals surface area contributed by atoms with E-state index in [2.05, 4.69) is 0 Å². The lowest BCUT2D eigenvalue weighted by atomic mass is 9.88. The molecule has 0 saturated heterocycles. The van der Waals surface area contributed by atoms with Gasteiger partial charge in [-0.15, -0.1) is 11.3 Å². The lowest BCUT2D eigenvalue weighted by Crippen LogP contribution is -2.29. The molecule has 1 unspecified atom stereocenters. The van der Waals surface area contributed by atoms with Gasteiger partial charge in [0.2, 0.25) is 0 Å². The van der Waals surface area contributed by atoms with Crippen molar-refractivity contribution >= 4 is 17.3 Å². The van der Waals surface area contributed by atoms with E-state index in [0.717, 1.165) is 4.88 Å². The summed E-state index contributed by atoms with van der Waals surface area (Å²) in [6.07, 6.45) is 0.242. The minimum atomic E-state index is -1.21. The zero-order chi connectivity index (χ0) is 11.5. The molecule has 0 spiro atoms. The van der Waals surface area contributed by atoms with E-state index in [1.807, 2.05) is 25.3 Å². The number of hydrogen-bond acceptors (Lipinski definition) is 3. The second kappa shape index (κ2) is 4.77. The summed E-state index contributed by atoms with van der Waals surface area (Å²) < 4.78 is 0. The summed E-state index contributed by atoms with van der Waals surface area (Å²) in [6, 6.07) is 3.61. The molecule has 0 saturated carbocycles. The lowest BCUT2D eigenvalue weighted by Gasteiger charge is -2.27. The predicted molar refractivity (Wildman–Crippen MR) is 59.9 cm³/mol. The van der Waals surface area contributed by atoms with E-state index in [-0.39, 0.29) is 12.3 Å². The number of hydrogen-bond donors (Lipinski definition) is 2. The van der Waals surface area contributed by atoms with Crippen LogP contribution in [0.1, 0.15) is 31.6 Å². The van der Waals surface area contributed by atoms with Crippen molar-refractivity contribution < 1.29 is 15.0 Å². The van der Waals surface area contributed by atoms with Crippen molar-refractivity contribution in [2.45, 2.75) is 32.3 Å². The van der Waals surface area contributed by atoms with Crippen molar-refractivity contribution in [1.29, 1.82) is 0 Å². The molecular formula is C11H16O3S. The van der Waals surface area contributed by atoms with Gasteiger partial charge in [0.05, 0.1) is 6.42 Å². The average Bonchev–Trinajstić information content (AvgIpc) is 2.51. The topological polar surface area (TPSA) is 57.5 Å². The minimum Gasteiger partial charge on any atom is -0.481 e. The van der Waals surface area contributed by atoms with Crippen molar-refractivity contribution in [2.75, 3.05) is 0 Å². The van der Waals surface area contributed by atoms with Gasteiger partial charge in [0.15, 0.2) is 0 Å². The summed E-state index contributed by atoms with van der Waals surface area (Å²) in [7, 11) is 0. The molecule has 1 aromatic heterocycles. The van der Waals surface area contributed by atoms with Gasteiger partial charge in [0.25, 0.3) is 0 Å². The van der Waals surface area contributed by atoms with Gasteiger partial charge in [-0.25, -0.2) is 0 Å². The first-order valence-corrected chi connectivity index (χ1v) is 5.80. The SMILES string of the molecule is CC(C)CC(O)(CC(=O)O)c1cccs1. The van der Waals surface area contributed by atoms with Crippen LogP contribution in [0.2, 0.25) is 0 Å². The fourth-order valence-corrected chi connectivity index (χ4v) is 2.56. The van der Waals surface area contributed by atoms with Crippen LogP contribution in [0.25, 0.3) is 0 Å². The largest absolute Gasteiger partial charge is 0.481 e. The van der Waals surface area contributed by atoms with Gasteiger partial charge in [-0.3, -0.25) is 4.79 Å². The first-order chi connectivity index (χ1) is 6.94. The minimum absolute atomic E-state index is 0.230. The Kier molecular flexibility index (Phi) is 3.88. The predicted octanol–water partition coefficient (Wildman–Crippen LogP) is 2.46. The first-order valence-electron chi connectivity index (χ1n) is 4.92. The second-order valence-electron chi connectivity index (χ2n) is 4.18. The van der Waals surface area contributed by atoms with Crippen LogP contribution in [-0.4, -0.2) is 16.2 Å². The van der Waals surface area contributed by atoms with Crippen molar-refractivity contribution in [2.24, 2.45) is 5.92 Å². The number of aliphatic hydroxyl groups is 1. The van der Waals surface area contributed by atoms with Crippen molar-refractivity contribution in [3.05, 3.63) is 22.4 Å². The van der Waals surface area contributed by atoms with Gasteiger partial charge in [-0.05, 0) is 23.8 Å². The fourth-order valence-electron chi connectivity index (χ4n) is 1.73. The fraction of sp³-hybridized carbons (Fsp3) is 0.545. The van der Waals surface area contributed by atoms with Gasteiger partial charge >= 0.3 is 5.97 Å². The third kappa shape index (κ3) is 3.32. The van der Waals surface area contributed by atoms with Gasteiger partial charge < -0.3 is 10.2 Å². The summed E-state index contributed by atoms with van der Waals surface area (Å²) in [4.78, 5) is 11.5. The summed E-state index contributed by atoms with van der Waals surface area (Å²) in [5, 5.41) is 21.0. The van der Waals surface area contributed by atoms with E-state index < -0.39 is 11.6 Å². The highest BCUT2D eigenvalue weighted by atomic mass is 32.1. The van der Waals surface area contributed by atoms with E-state index in [1.165, 1.54) is 11.3 Å². The van der Waals surface area contributed by atoms with Gasteiger partial charge in [-0.1, -0.05) is 19.9 Å². The van der Waals surface area contributed by atoms with E-state index in [0.29, 0.717) is 6.42 Å². The summed E-state index contributed by atoms with van der Waals surface area (Å²) >= 11 is 1.40. The van der Waals surface area contributed by atoms with Crippen LogP contribution in [0.4, 0.5) is 0 Å². The van der Waals surface area contributed by atoms with Crippen molar-refractivity contribution in [3.63, 3.8) is 0 Å². The monoisotopic (exact) mass is 228 g/mol. The molecule has 3 nitrogen and oxygen atoms in total. The Balaban J connectivity index is 2.90. The normalized spacial score (nSPS) is 15.2. The quantitative estimate of drug-likeness (QED) is 0.814. The highest BCUT2D eigenvalue weighted by Crippen LogP contribution is 2.34. The van der Waals surface area contributed by atoms with Crippen LogP contribution in [0, 0.1) is 5.92 Å². The molecule has 0 aromatic carbocycles. The maximum Gasteiger partial charge on any atom is 0.306 e. The number of thiophene rings is 1. The molecular weight excluding hydrogens is 212 g/mol. The maximum atomic E-state index is 10.7. The highest BCUT2D eigenvalue weighted by molar-refractivity contribution is 7.10. The number of carboxylic acids is 1. The zero-order valence-corrected chi connectivity index (χ0v) is 9.75. The van der Waals surface area contributed by atoms with E-state index >= 15 is 0 Å². The van der Waals surface area contributed by atoms with Crippen LogP contribution in [0.5, 0.6) is 0 Å². The van der Waals surface area contributed by atoms with Crippen LogP contribution in [0.15, 0.2) is 17.5 Å². The molecule has 1 aromatic rings. The molecule has 4 heteroatoms. The molecule has 0 amide bonds. The summed E-state index contributed by atoms with van der Waals surface area (Å²) in [6.45, 7) is 3.95. The van der Waals surface area contributed by atoms with Crippen LogP contribution < -0.4 is 0 Å². The summed E-state index contributed by atoms with van der Waals surface area (Å²) in [5.74, 6) is -0.706. The van der Waals surface area contributed by atoms with Crippen LogP contribution in [-0.2, 0) is 10.4 Å². The molecule has 1 heterocycles. The van der Waals surface area contributed by atoms with Gasteiger partial charge in [0, 0.05) is 4.88 Å². The number of aliphatic carboxylic acids is 1. The van der Waals surface area contributed by atoms with E-state index in [1.54, 1.807) is 6.07 Å². The first kappa shape index (κ1) is 12.2. The molecule has 2 N–H and O–H groups in total. The molecule has 0 aliphatic heterocycles. The molecule has 1 atom stereocenters. The molecule has 0 fully saturated rings. The lowest BCUT2D eigenvalue weighted by molar-refractivity contribution is -0.143. The number of carboxylic acid groups (broad SMARTS) is 1. The molecule has 0 aliphatic rings. The Hall–Kier alpha value is -0.870. The van der Waals surface area contributed by atoms with Crippen molar-refractivity contribution in [3.8, 4) is 0 Å². The Morgan fingerprint density at radius 1 is 1.60 bits per heavy atom. The molecule has 0 aliphatic carbocycles. The van der Waals surface area contributed by atoms with E-state index in [9.17, 15) is 9.90 Å². The van der Waals surface area contributed by atoms with Crippen LogP contribution >= 0.6 is 11.3 Å². The third-order valence-electron chi connectivity index (χ3n) is 2.17. The third-order valence-corrected chi connectivity index (χ3v) is 3.23. The van der Waals surface area contributed by atoms with Gasteiger partial charge in [0.1, 0.15) is 5.60 Å². The Morgan fingerprint density at radius 2 is 2.27 bits per heavy atom. The smallest absolute Gasteiger partial charge is 0.306 e. The molecule has 84 valence electrons. The Morgan fingerprint density at radius 3 is 2.67 bits per heavy atom. The van der Waals surface area contributed by atoms with Crippen LogP contribution in [0.3, 0.4) is 0 Å². The second-order valence-corrected chi connectivity index (χ2v) is 5.13. The Bertz CT molecular complexity index is 319. The number of carbonyl (C=O) groups is 1. The number of rotatable bonds is 5. The molecule has 15 heavy (non-hydrogen) atoms. The summed E-state index contributed by atoms with van der Waals surface area (Å²) in [5.41, 5.74) is -1.21. The molecule has 0 radical (unpaired) electrons. The maximum absolute atomic E-state index is 10.7. The zero-order valence-electron chi connectivity index (χ0n) is 8.93. The Labute approximate surface area is 93.4 Å². The highest BCUT2D eigenvalue weighted by Gasteiger charge is 2.33.